The first-order valence-corrected chi connectivity index (χ1v) is 6.10. The molecule has 0 saturated heterocycles. The van der Waals surface area contributed by atoms with E-state index < -0.39 is 0 Å². The van der Waals surface area contributed by atoms with Gasteiger partial charge >= 0.3 is 0 Å². The summed E-state index contributed by atoms with van der Waals surface area (Å²) in [6, 6.07) is 5.27. The zero-order valence-electron chi connectivity index (χ0n) is 8.11. The molecule has 0 aliphatic heterocycles. The summed E-state index contributed by atoms with van der Waals surface area (Å²) in [6.07, 6.45) is 1.49. The topological polar surface area (TPSA) is 68.0 Å². The normalized spacial score (nSPS) is 10.1. The van der Waals surface area contributed by atoms with Crippen molar-refractivity contribution >= 4 is 44.7 Å². The maximum atomic E-state index is 11.7. The van der Waals surface area contributed by atoms with Crippen LogP contribution in [-0.2, 0) is 0 Å². The zero-order valence-corrected chi connectivity index (χ0v) is 10.5. The molecule has 82 valence electrons. The highest BCUT2D eigenvalue weighted by atomic mass is 79.9. The second-order valence-corrected chi connectivity index (χ2v) is 4.83. The number of halogens is 1. The first kappa shape index (κ1) is 11.1. The summed E-state index contributed by atoms with van der Waals surface area (Å²) in [6.45, 7) is 0. The van der Waals surface area contributed by atoms with Crippen LogP contribution in [0.25, 0.3) is 0 Å². The molecule has 3 N–H and O–H groups in total. The van der Waals surface area contributed by atoms with Gasteiger partial charge in [0.1, 0.15) is 5.82 Å². The zero-order chi connectivity index (χ0) is 11.5. The molecule has 0 spiro atoms. The van der Waals surface area contributed by atoms with Crippen LogP contribution in [0.5, 0.6) is 0 Å². The van der Waals surface area contributed by atoms with E-state index in [9.17, 15) is 4.79 Å². The maximum Gasteiger partial charge on any atom is 0.266 e. The molecule has 6 heteroatoms. The van der Waals surface area contributed by atoms with Crippen LogP contribution in [0.1, 0.15) is 9.67 Å². The fourth-order valence-electron chi connectivity index (χ4n) is 1.12. The van der Waals surface area contributed by atoms with Crippen LogP contribution in [0, 0.1) is 0 Å². The molecule has 2 aromatic heterocycles. The van der Waals surface area contributed by atoms with Gasteiger partial charge in [-0.05, 0) is 33.4 Å². The molecular weight excluding hydrogens is 290 g/mol. The Morgan fingerprint density at radius 3 is 3.00 bits per heavy atom. The quantitative estimate of drug-likeness (QED) is 0.895. The van der Waals surface area contributed by atoms with E-state index in [1.54, 1.807) is 12.1 Å². The van der Waals surface area contributed by atoms with Crippen LogP contribution in [-0.4, -0.2) is 10.9 Å². The Kier molecular flexibility index (Phi) is 3.21. The Hall–Kier alpha value is -1.40. The van der Waals surface area contributed by atoms with E-state index in [1.165, 1.54) is 17.5 Å². The summed E-state index contributed by atoms with van der Waals surface area (Å²) in [5.41, 5.74) is 6.09. The maximum absolute atomic E-state index is 11.7. The van der Waals surface area contributed by atoms with Crippen LogP contribution in [0.3, 0.4) is 0 Å². The number of nitrogens with zero attached hydrogens (tertiary/aromatic N) is 1. The molecule has 0 aromatic carbocycles. The van der Waals surface area contributed by atoms with E-state index in [4.69, 9.17) is 5.73 Å². The van der Waals surface area contributed by atoms with Crippen molar-refractivity contribution in [1.29, 1.82) is 0 Å². The van der Waals surface area contributed by atoms with Crippen LogP contribution < -0.4 is 11.1 Å². The average Bonchev–Trinajstić information content (AvgIpc) is 2.75. The van der Waals surface area contributed by atoms with Gasteiger partial charge in [-0.15, -0.1) is 11.3 Å². The monoisotopic (exact) mass is 297 g/mol. The highest BCUT2D eigenvalue weighted by Crippen LogP contribution is 2.22. The van der Waals surface area contributed by atoms with E-state index in [0.717, 1.165) is 0 Å². The third-order valence-corrected chi connectivity index (χ3v) is 3.31. The summed E-state index contributed by atoms with van der Waals surface area (Å²) < 4.78 is 0.664. The molecule has 0 unspecified atom stereocenters. The van der Waals surface area contributed by atoms with Crippen molar-refractivity contribution < 1.29 is 4.79 Å². The van der Waals surface area contributed by atoms with Crippen molar-refractivity contribution in [3.63, 3.8) is 0 Å². The number of hydrogen-bond donors (Lipinski definition) is 2. The van der Waals surface area contributed by atoms with E-state index in [2.05, 4.69) is 26.2 Å². The molecule has 0 aliphatic rings. The van der Waals surface area contributed by atoms with E-state index in [1.807, 2.05) is 11.4 Å². The number of hydrogen-bond acceptors (Lipinski definition) is 4. The first-order chi connectivity index (χ1) is 7.66. The van der Waals surface area contributed by atoms with Crippen molar-refractivity contribution in [1.82, 2.24) is 4.98 Å². The number of nitrogens with two attached hydrogens (primary N) is 1. The minimum Gasteiger partial charge on any atom is -0.397 e. The van der Waals surface area contributed by atoms with Gasteiger partial charge in [-0.3, -0.25) is 4.79 Å². The predicted octanol–water partition coefficient (Wildman–Crippen LogP) is 2.74. The molecule has 16 heavy (non-hydrogen) atoms. The number of carbonyl (C=O) groups is 1. The van der Waals surface area contributed by atoms with Crippen molar-refractivity contribution in [2.75, 3.05) is 11.1 Å². The number of thiophene rings is 1. The van der Waals surface area contributed by atoms with E-state index in [0.29, 0.717) is 20.9 Å². The van der Waals surface area contributed by atoms with Gasteiger partial charge in [0.2, 0.25) is 0 Å². The Labute approximate surface area is 105 Å². The molecule has 4 nitrogen and oxygen atoms in total. The van der Waals surface area contributed by atoms with Crippen LogP contribution in [0.4, 0.5) is 11.5 Å². The average molecular weight is 298 g/mol. The van der Waals surface area contributed by atoms with Crippen molar-refractivity contribution in [3.8, 4) is 0 Å². The molecule has 0 saturated carbocycles. The predicted molar refractivity (Wildman–Crippen MR) is 68.6 cm³/mol. The highest BCUT2D eigenvalue weighted by molar-refractivity contribution is 9.10. The van der Waals surface area contributed by atoms with Crippen molar-refractivity contribution in [3.05, 3.63) is 39.1 Å². The molecule has 0 bridgehead atoms. The second kappa shape index (κ2) is 4.63. The summed E-state index contributed by atoms with van der Waals surface area (Å²) >= 11 is 4.66. The fourth-order valence-corrected chi connectivity index (χ4v) is 2.21. The molecule has 2 rings (SSSR count). The van der Waals surface area contributed by atoms with Crippen LogP contribution in [0.15, 0.2) is 34.2 Å². The Morgan fingerprint density at radius 2 is 2.38 bits per heavy atom. The van der Waals surface area contributed by atoms with E-state index in [-0.39, 0.29) is 5.91 Å². The summed E-state index contributed by atoms with van der Waals surface area (Å²) in [7, 11) is 0. The Balaban J connectivity index is 2.18. The summed E-state index contributed by atoms with van der Waals surface area (Å²) in [4.78, 5) is 16.4. The second-order valence-electron chi connectivity index (χ2n) is 3.03. The number of anilines is 2. The molecule has 2 heterocycles. The minimum absolute atomic E-state index is 0.173. The number of pyridine rings is 1. The number of amides is 1. The lowest BCUT2D eigenvalue weighted by molar-refractivity contribution is 0.103. The minimum atomic E-state index is -0.173. The van der Waals surface area contributed by atoms with Crippen LogP contribution >= 0.6 is 27.3 Å². The van der Waals surface area contributed by atoms with Gasteiger partial charge in [0.15, 0.2) is 0 Å². The molecule has 0 aliphatic carbocycles. The lowest BCUT2D eigenvalue weighted by atomic mass is 10.4. The smallest absolute Gasteiger partial charge is 0.266 e. The van der Waals surface area contributed by atoms with Crippen LogP contribution in [0.2, 0.25) is 0 Å². The number of nitrogens with one attached hydrogen (secondary N) is 1. The van der Waals surface area contributed by atoms with Gasteiger partial charge in [-0.25, -0.2) is 4.98 Å². The first-order valence-electron chi connectivity index (χ1n) is 4.42. The standard InChI is InChI=1S/C10H8BrN3OS/c11-7-4-6(12)5-13-9(7)14-10(15)8-2-1-3-16-8/h1-5H,12H2,(H,13,14,15). The Bertz CT molecular complexity index is 513. The fraction of sp³-hybridized carbons (Fsp3) is 0. The van der Waals surface area contributed by atoms with Gasteiger partial charge in [0.05, 0.1) is 21.2 Å². The number of nitrogen functional groups attached to an aromatic ring is 1. The summed E-state index contributed by atoms with van der Waals surface area (Å²) in [5, 5.41) is 4.55. The molecule has 1 amide bonds. The molecular formula is C10H8BrN3OS. The molecule has 0 fully saturated rings. The Morgan fingerprint density at radius 1 is 1.56 bits per heavy atom. The highest BCUT2D eigenvalue weighted by Gasteiger charge is 2.09. The number of aromatic nitrogens is 1. The van der Waals surface area contributed by atoms with E-state index >= 15 is 0 Å². The van der Waals surface area contributed by atoms with Gasteiger partial charge in [0, 0.05) is 0 Å². The third kappa shape index (κ3) is 2.40. The van der Waals surface area contributed by atoms with Gasteiger partial charge < -0.3 is 11.1 Å². The van der Waals surface area contributed by atoms with Crippen molar-refractivity contribution in [2.24, 2.45) is 0 Å². The SMILES string of the molecule is Nc1cnc(NC(=O)c2cccs2)c(Br)c1. The number of rotatable bonds is 2. The third-order valence-electron chi connectivity index (χ3n) is 1.84. The number of carbonyl (C=O) groups excluding carboxylic acids is 1. The molecule has 0 radical (unpaired) electrons. The molecule has 0 atom stereocenters. The van der Waals surface area contributed by atoms with Crippen molar-refractivity contribution in [2.45, 2.75) is 0 Å². The lowest BCUT2D eigenvalue weighted by Crippen LogP contribution is -2.11. The lowest BCUT2D eigenvalue weighted by Gasteiger charge is -2.05. The largest absolute Gasteiger partial charge is 0.397 e. The molecule has 2 aromatic rings. The van der Waals surface area contributed by atoms with Gasteiger partial charge in [-0.1, -0.05) is 6.07 Å². The van der Waals surface area contributed by atoms with Gasteiger partial charge in [0.25, 0.3) is 5.91 Å². The summed E-state index contributed by atoms with van der Waals surface area (Å²) in [5.74, 6) is 0.292. The van der Waals surface area contributed by atoms with Gasteiger partial charge in [-0.2, -0.15) is 0 Å².